The molecule has 2 aromatic heterocycles. The number of sulfone groups is 1. The molecule has 32 heavy (non-hydrogen) atoms. The number of nitrogens with one attached hydrogen (secondary N) is 2. The molecule has 0 unspecified atom stereocenters. The molecule has 3 aromatic rings. The van der Waals surface area contributed by atoms with E-state index in [0.29, 0.717) is 10.0 Å². The molecule has 0 fully saturated rings. The number of nitrogens with zero attached hydrogens (tertiary/aromatic N) is 4. The molecule has 0 saturated heterocycles. The van der Waals surface area contributed by atoms with Gasteiger partial charge in [-0.15, -0.1) is 0 Å². The zero-order valence-corrected chi connectivity index (χ0v) is 18.8. The van der Waals surface area contributed by atoms with Crippen molar-refractivity contribution in [1.29, 1.82) is 0 Å². The maximum atomic E-state index is 12.9. The second-order valence-corrected chi connectivity index (χ2v) is 9.66. The summed E-state index contributed by atoms with van der Waals surface area (Å²) in [5, 5.41) is 9.24. The van der Waals surface area contributed by atoms with Crippen LogP contribution in [-0.2, 0) is 9.84 Å². The van der Waals surface area contributed by atoms with Crippen LogP contribution in [0.5, 0.6) is 0 Å². The topological polar surface area (TPSA) is 136 Å². The molecule has 0 saturated carbocycles. The van der Waals surface area contributed by atoms with Crippen LogP contribution in [0.1, 0.15) is 38.8 Å². The minimum Gasteiger partial charge on any atom is -0.354 e. The normalized spacial score (nSPS) is 12.6. The van der Waals surface area contributed by atoms with E-state index in [1.807, 2.05) is 0 Å². The van der Waals surface area contributed by atoms with Crippen LogP contribution in [0.4, 0.5) is 8.78 Å². The lowest BCUT2D eigenvalue weighted by molar-refractivity contribution is 0.0935. The van der Waals surface area contributed by atoms with E-state index >= 15 is 0 Å². The van der Waals surface area contributed by atoms with Gasteiger partial charge in [0.2, 0.25) is 15.0 Å². The Morgan fingerprint density at radius 1 is 1.19 bits per heavy atom. The first-order valence-corrected chi connectivity index (χ1v) is 11.5. The van der Waals surface area contributed by atoms with E-state index in [4.69, 9.17) is 11.6 Å². The Kier molecular flexibility index (Phi) is 6.85. The van der Waals surface area contributed by atoms with Gasteiger partial charge < -0.3 is 10.6 Å². The quantitative estimate of drug-likeness (QED) is 0.503. The summed E-state index contributed by atoms with van der Waals surface area (Å²) in [4.78, 5) is 32.2. The van der Waals surface area contributed by atoms with Crippen molar-refractivity contribution in [3.63, 3.8) is 0 Å². The molecule has 10 nitrogen and oxygen atoms in total. The van der Waals surface area contributed by atoms with Crippen molar-refractivity contribution in [2.75, 3.05) is 7.05 Å². The van der Waals surface area contributed by atoms with Crippen LogP contribution < -0.4 is 10.6 Å². The van der Waals surface area contributed by atoms with E-state index < -0.39 is 32.4 Å². The fraction of sp³-hybridized carbons (Fsp3) is 0.235. The molecule has 0 aliphatic carbocycles. The third kappa shape index (κ3) is 4.76. The van der Waals surface area contributed by atoms with Gasteiger partial charge in [0, 0.05) is 17.6 Å². The second-order valence-electron chi connectivity index (χ2n) is 6.29. The third-order valence-electron chi connectivity index (χ3n) is 4.13. The molecule has 0 radical (unpaired) electrons. The number of amides is 2. The molecule has 2 amide bonds. The maximum absolute atomic E-state index is 12.9. The Hall–Kier alpha value is -2.97. The maximum Gasteiger partial charge on any atom is 0.341 e. The van der Waals surface area contributed by atoms with Gasteiger partial charge in [0.25, 0.3) is 11.8 Å². The van der Waals surface area contributed by atoms with Crippen LogP contribution in [-0.4, -0.2) is 52.8 Å². The highest BCUT2D eigenvalue weighted by Crippen LogP contribution is 2.25. The second kappa shape index (κ2) is 9.26. The average Bonchev–Trinajstić information content (AvgIpc) is 3.41. The van der Waals surface area contributed by atoms with Gasteiger partial charge in [-0.25, -0.2) is 18.4 Å². The summed E-state index contributed by atoms with van der Waals surface area (Å²) in [6, 6.07) is 2.05. The molecular formula is C17H15ClF2N6O4S2. The highest BCUT2D eigenvalue weighted by molar-refractivity contribution is 7.91. The van der Waals surface area contributed by atoms with Crippen LogP contribution in [0.25, 0.3) is 5.13 Å². The fourth-order valence-corrected chi connectivity index (χ4v) is 4.51. The monoisotopic (exact) mass is 504 g/mol. The molecule has 1 atom stereocenters. The molecule has 0 aliphatic rings. The van der Waals surface area contributed by atoms with E-state index in [1.165, 1.54) is 24.3 Å². The highest BCUT2D eigenvalue weighted by atomic mass is 35.5. The predicted octanol–water partition coefficient (Wildman–Crippen LogP) is 2.22. The van der Waals surface area contributed by atoms with Gasteiger partial charge in [-0.1, -0.05) is 22.9 Å². The lowest BCUT2D eigenvalue weighted by atomic mass is 10.2. The molecular weight excluding hydrogens is 490 g/mol. The number of halogens is 3. The van der Waals surface area contributed by atoms with Crippen molar-refractivity contribution in [1.82, 2.24) is 30.4 Å². The molecule has 1 aromatic carbocycles. The van der Waals surface area contributed by atoms with Crippen LogP contribution in [0, 0.1) is 0 Å². The van der Waals surface area contributed by atoms with Crippen molar-refractivity contribution in [2.45, 2.75) is 23.6 Å². The summed E-state index contributed by atoms with van der Waals surface area (Å²) >= 11 is 6.88. The number of carbonyl (C=O) groups excluding carboxylic acids is 2. The number of alkyl halides is 2. The molecule has 0 spiro atoms. The van der Waals surface area contributed by atoms with Gasteiger partial charge in [-0.05, 0) is 25.1 Å². The zero-order valence-electron chi connectivity index (χ0n) is 16.4. The number of thiazole rings is 1. The Morgan fingerprint density at radius 2 is 1.91 bits per heavy atom. The number of carbonyl (C=O) groups is 2. The van der Waals surface area contributed by atoms with Crippen molar-refractivity contribution in [2.24, 2.45) is 0 Å². The van der Waals surface area contributed by atoms with Gasteiger partial charge in [0.1, 0.15) is 11.2 Å². The number of rotatable bonds is 7. The van der Waals surface area contributed by atoms with E-state index in [-0.39, 0.29) is 22.3 Å². The smallest absolute Gasteiger partial charge is 0.341 e. The summed E-state index contributed by atoms with van der Waals surface area (Å²) in [7, 11) is -3.46. The Labute approximate surface area is 189 Å². The van der Waals surface area contributed by atoms with E-state index in [2.05, 4.69) is 25.7 Å². The summed E-state index contributed by atoms with van der Waals surface area (Å²) < 4.78 is 50.5. The number of benzene rings is 1. The Bertz CT molecular complexity index is 1280. The highest BCUT2D eigenvalue weighted by Gasteiger charge is 2.28. The minimum atomic E-state index is -4.94. The van der Waals surface area contributed by atoms with Crippen molar-refractivity contribution < 1.29 is 26.8 Å². The van der Waals surface area contributed by atoms with Crippen LogP contribution >= 0.6 is 22.9 Å². The fourth-order valence-electron chi connectivity index (χ4n) is 2.59. The average molecular weight is 505 g/mol. The molecule has 0 aliphatic heterocycles. The van der Waals surface area contributed by atoms with Crippen LogP contribution in [0.15, 0.2) is 35.6 Å². The first kappa shape index (κ1) is 23.7. The predicted molar refractivity (Wildman–Crippen MR) is 111 cm³/mol. The van der Waals surface area contributed by atoms with E-state index in [9.17, 15) is 26.8 Å². The van der Waals surface area contributed by atoms with Crippen LogP contribution in [0.3, 0.4) is 0 Å². The van der Waals surface area contributed by atoms with E-state index in [0.717, 1.165) is 29.5 Å². The molecule has 170 valence electrons. The third-order valence-corrected chi connectivity index (χ3v) is 6.68. The SMILES string of the molecule is CNC(=O)c1cnc(-n2ncnc2[C@H](C)NC(=O)c2cc(Cl)cc(S(=O)(=O)C(F)F)c2)s1. The number of hydrogen-bond donors (Lipinski definition) is 2. The molecule has 2 heterocycles. The summed E-state index contributed by atoms with van der Waals surface area (Å²) in [6.07, 6.45) is 2.59. The largest absolute Gasteiger partial charge is 0.354 e. The lowest BCUT2D eigenvalue weighted by Crippen LogP contribution is -2.29. The number of hydrogen-bond acceptors (Lipinski definition) is 8. The van der Waals surface area contributed by atoms with Gasteiger partial charge in [0.05, 0.1) is 17.1 Å². The Balaban J connectivity index is 1.85. The van der Waals surface area contributed by atoms with Crippen molar-refractivity contribution >= 4 is 44.6 Å². The minimum absolute atomic E-state index is 0.197. The van der Waals surface area contributed by atoms with Gasteiger partial charge in [-0.3, -0.25) is 9.59 Å². The summed E-state index contributed by atoms with van der Waals surface area (Å²) in [5.41, 5.74) is -0.231. The first-order valence-electron chi connectivity index (χ1n) is 8.76. The first-order chi connectivity index (χ1) is 15.0. The van der Waals surface area contributed by atoms with Gasteiger partial charge in [0.15, 0.2) is 5.82 Å². The van der Waals surface area contributed by atoms with Crippen molar-refractivity contribution in [3.05, 3.63) is 52.0 Å². The molecule has 15 heteroatoms. The molecule has 3 rings (SSSR count). The molecule has 0 bridgehead atoms. The van der Waals surface area contributed by atoms with Gasteiger partial charge in [-0.2, -0.15) is 18.6 Å². The van der Waals surface area contributed by atoms with Crippen LogP contribution in [0.2, 0.25) is 5.02 Å². The lowest BCUT2D eigenvalue weighted by Gasteiger charge is -2.14. The zero-order chi connectivity index (χ0) is 23.6. The van der Waals surface area contributed by atoms with E-state index in [1.54, 1.807) is 6.92 Å². The van der Waals surface area contributed by atoms with Gasteiger partial charge >= 0.3 is 5.76 Å². The van der Waals surface area contributed by atoms with Crippen molar-refractivity contribution in [3.8, 4) is 5.13 Å². The standard InChI is InChI=1S/C17H15ClF2N6O4S2/c1-8(13-23-7-24-26(13)17-22-6-12(31-17)15(28)21-2)25-14(27)9-3-10(18)5-11(4-9)32(29,30)16(19)20/h3-8,16H,1-2H3,(H,21,28)(H,25,27)/t8-/m0/s1. The Morgan fingerprint density at radius 3 is 2.56 bits per heavy atom. The number of aromatic nitrogens is 4. The molecule has 2 N–H and O–H groups in total. The summed E-state index contributed by atoms with van der Waals surface area (Å²) in [6.45, 7) is 1.58. The summed E-state index contributed by atoms with van der Waals surface area (Å²) in [5.74, 6) is -4.50.